The van der Waals surface area contributed by atoms with Crippen molar-refractivity contribution in [2.45, 2.75) is 26.2 Å². The van der Waals surface area contributed by atoms with E-state index in [0.717, 1.165) is 0 Å². The van der Waals surface area contributed by atoms with E-state index >= 15 is 0 Å². The minimum atomic E-state index is -1.31. The van der Waals surface area contributed by atoms with Crippen molar-refractivity contribution in [3.8, 4) is 0 Å². The molecule has 0 fully saturated rings. The van der Waals surface area contributed by atoms with Gasteiger partial charge in [-0.3, -0.25) is 4.68 Å². The average molecular weight is 168 g/mol. The van der Waals surface area contributed by atoms with Crippen LogP contribution >= 0.6 is 0 Å². The molecule has 0 unspecified atom stereocenters. The van der Waals surface area contributed by atoms with Crippen LogP contribution in [0.1, 0.15) is 25.6 Å². The molecule has 1 rings (SSSR count). The lowest BCUT2D eigenvalue weighted by atomic mass is 9.85. The number of aromatic nitrogens is 2. The van der Waals surface area contributed by atoms with Crippen molar-refractivity contribution in [3.63, 3.8) is 0 Å². The third-order valence-corrected chi connectivity index (χ3v) is 1.58. The van der Waals surface area contributed by atoms with Crippen LogP contribution in [0.5, 0.6) is 0 Å². The van der Waals surface area contributed by atoms with Crippen molar-refractivity contribution in [1.29, 1.82) is 0 Å². The van der Waals surface area contributed by atoms with Crippen LogP contribution in [-0.2, 0) is 6.32 Å². The van der Waals surface area contributed by atoms with Crippen molar-refractivity contribution in [2.75, 3.05) is 0 Å². The zero-order chi connectivity index (χ0) is 9.14. The molecule has 0 atom stereocenters. The Morgan fingerprint density at radius 1 is 1.58 bits per heavy atom. The van der Waals surface area contributed by atoms with E-state index in [9.17, 15) is 0 Å². The van der Waals surface area contributed by atoms with E-state index in [1.165, 1.54) is 0 Å². The first kappa shape index (κ1) is 9.28. The van der Waals surface area contributed by atoms with Gasteiger partial charge in [0.15, 0.2) is 0 Å². The second-order valence-electron chi connectivity index (χ2n) is 3.07. The quantitative estimate of drug-likeness (QED) is 0.625. The van der Waals surface area contributed by atoms with Crippen molar-refractivity contribution < 1.29 is 10.0 Å². The Morgan fingerprint density at radius 2 is 2.25 bits per heavy atom. The Hall–Kier alpha value is -0.805. The molecule has 66 valence electrons. The van der Waals surface area contributed by atoms with E-state index in [-0.39, 0.29) is 6.32 Å². The highest BCUT2D eigenvalue weighted by Crippen LogP contribution is 2.04. The third kappa shape index (κ3) is 2.35. The van der Waals surface area contributed by atoms with Gasteiger partial charge >= 0.3 is 7.12 Å². The molecule has 4 nitrogen and oxygen atoms in total. The minimum absolute atomic E-state index is 0.194. The molecule has 0 aromatic carbocycles. The van der Waals surface area contributed by atoms with Crippen LogP contribution in [0.25, 0.3) is 0 Å². The fourth-order valence-electron chi connectivity index (χ4n) is 0.961. The van der Waals surface area contributed by atoms with E-state index in [0.29, 0.717) is 11.7 Å². The molecule has 0 amide bonds. The maximum absolute atomic E-state index is 8.66. The summed E-state index contributed by atoms with van der Waals surface area (Å²) in [5.74, 6) is 0. The zero-order valence-electron chi connectivity index (χ0n) is 7.31. The van der Waals surface area contributed by atoms with Crippen LogP contribution in [0.15, 0.2) is 12.3 Å². The summed E-state index contributed by atoms with van der Waals surface area (Å²) in [4.78, 5) is 0. The van der Waals surface area contributed by atoms with Crippen molar-refractivity contribution in [2.24, 2.45) is 0 Å². The molecule has 1 heterocycles. The fourth-order valence-corrected chi connectivity index (χ4v) is 0.961. The van der Waals surface area contributed by atoms with Crippen molar-refractivity contribution in [1.82, 2.24) is 9.78 Å². The number of nitrogens with zero attached hydrogens (tertiary/aromatic N) is 2. The topological polar surface area (TPSA) is 58.3 Å². The van der Waals surface area contributed by atoms with Crippen LogP contribution in [0.3, 0.4) is 0 Å². The van der Waals surface area contributed by atoms with Crippen LogP contribution in [-0.4, -0.2) is 26.9 Å². The summed E-state index contributed by atoms with van der Waals surface area (Å²) in [5, 5.41) is 21.5. The summed E-state index contributed by atoms with van der Waals surface area (Å²) < 4.78 is 1.79. The van der Waals surface area contributed by atoms with Crippen LogP contribution < -0.4 is 0 Å². The van der Waals surface area contributed by atoms with Gasteiger partial charge in [-0.25, -0.2) is 0 Å². The lowest BCUT2D eigenvalue weighted by molar-refractivity contribution is 0.403. The minimum Gasteiger partial charge on any atom is -0.427 e. The summed E-state index contributed by atoms with van der Waals surface area (Å²) >= 11 is 0. The monoisotopic (exact) mass is 168 g/mol. The zero-order valence-corrected chi connectivity index (χ0v) is 7.31. The van der Waals surface area contributed by atoms with Crippen LogP contribution in [0, 0.1) is 0 Å². The van der Waals surface area contributed by atoms with Gasteiger partial charge in [-0.2, -0.15) is 5.10 Å². The second kappa shape index (κ2) is 3.73. The highest BCUT2D eigenvalue weighted by molar-refractivity contribution is 6.40. The highest BCUT2D eigenvalue weighted by atomic mass is 16.4. The van der Waals surface area contributed by atoms with E-state index < -0.39 is 7.12 Å². The Balaban J connectivity index is 2.64. The number of rotatable bonds is 3. The van der Waals surface area contributed by atoms with Gasteiger partial charge in [0.2, 0.25) is 0 Å². The van der Waals surface area contributed by atoms with Gasteiger partial charge in [0, 0.05) is 18.6 Å². The van der Waals surface area contributed by atoms with Crippen LogP contribution in [0.2, 0.25) is 0 Å². The van der Waals surface area contributed by atoms with Gasteiger partial charge < -0.3 is 10.0 Å². The molecule has 2 N–H and O–H groups in total. The van der Waals surface area contributed by atoms with Gasteiger partial charge in [0.1, 0.15) is 0 Å². The first-order valence-electron chi connectivity index (χ1n) is 3.99. The van der Waals surface area contributed by atoms with Gasteiger partial charge in [0.25, 0.3) is 0 Å². The smallest absolute Gasteiger partial charge is 0.427 e. The van der Waals surface area contributed by atoms with E-state index in [1.54, 1.807) is 10.7 Å². The lowest BCUT2D eigenvalue weighted by Crippen LogP contribution is -2.16. The van der Waals surface area contributed by atoms with Gasteiger partial charge in [0.05, 0.1) is 5.69 Å². The van der Waals surface area contributed by atoms with E-state index in [4.69, 9.17) is 10.0 Å². The van der Waals surface area contributed by atoms with Gasteiger partial charge in [-0.1, -0.05) is 0 Å². The standard InChI is InChI=1S/C7H13BN2O2/c1-6(2)10-4-3-7(9-10)5-8(11)12/h3-4,6,11-12H,5H2,1-2H3. The van der Waals surface area contributed by atoms with Gasteiger partial charge in [-0.15, -0.1) is 0 Å². The summed E-state index contributed by atoms with van der Waals surface area (Å²) in [7, 11) is -1.31. The molecule has 0 radical (unpaired) electrons. The Morgan fingerprint density at radius 3 is 2.67 bits per heavy atom. The van der Waals surface area contributed by atoms with Crippen molar-refractivity contribution >= 4 is 7.12 Å². The molecule has 1 aromatic heterocycles. The maximum Gasteiger partial charge on any atom is 0.457 e. The highest BCUT2D eigenvalue weighted by Gasteiger charge is 2.10. The summed E-state index contributed by atoms with van der Waals surface area (Å²) in [6.45, 7) is 4.04. The van der Waals surface area contributed by atoms with Crippen LogP contribution in [0.4, 0.5) is 0 Å². The molecule has 0 aliphatic rings. The Kier molecular flexibility index (Phi) is 2.89. The molecule has 0 aliphatic carbocycles. The normalized spacial score (nSPS) is 10.8. The third-order valence-electron chi connectivity index (χ3n) is 1.58. The molecule has 0 aliphatic heterocycles. The molecule has 1 aromatic rings. The first-order chi connectivity index (χ1) is 5.59. The summed E-state index contributed by atoms with van der Waals surface area (Å²) in [6.07, 6.45) is 2.03. The molecular formula is C7H13BN2O2. The van der Waals surface area contributed by atoms with Crippen molar-refractivity contribution in [3.05, 3.63) is 18.0 Å². The lowest BCUT2D eigenvalue weighted by Gasteiger charge is -2.03. The number of hydrogen-bond donors (Lipinski definition) is 2. The molecule has 12 heavy (non-hydrogen) atoms. The fraction of sp³-hybridized carbons (Fsp3) is 0.571. The number of hydrogen-bond acceptors (Lipinski definition) is 3. The van der Waals surface area contributed by atoms with E-state index in [1.807, 2.05) is 20.0 Å². The Labute approximate surface area is 72.0 Å². The Bertz CT molecular complexity index is 247. The molecular weight excluding hydrogens is 155 g/mol. The second-order valence-corrected chi connectivity index (χ2v) is 3.07. The first-order valence-corrected chi connectivity index (χ1v) is 3.99. The molecule has 0 saturated heterocycles. The van der Waals surface area contributed by atoms with Gasteiger partial charge in [-0.05, 0) is 19.9 Å². The summed E-state index contributed by atoms with van der Waals surface area (Å²) in [5.41, 5.74) is 0.707. The summed E-state index contributed by atoms with van der Waals surface area (Å²) in [6, 6.07) is 2.11. The predicted octanol–water partition coefficient (Wildman–Crippen LogP) is 0.0185. The SMILES string of the molecule is CC(C)n1ccc(CB(O)O)n1. The molecule has 0 saturated carbocycles. The largest absolute Gasteiger partial charge is 0.457 e. The molecule has 0 bridgehead atoms. The molecule has 5 heteroatoms. The average Bonchev–Trinajstić information content (AvgIpc) is 2.34. The predicted molar refractivity (Wildman–Crippen MR) is 46.5 cm³/mol. The van der Waals surface area contributed by atoms with E-state index in [2.05, 4.69) is 5.10 Å². The molecule has 0 spiro atoms. The maximum atomic E-state index is 8.66.